The van der Waals surface area contributed by atoms with Crippen LogP contribution >= 0.6 is 0 Å². The molecule has 6 atom stereocenters. The van der Waals surface area contributed by atoms with Gasteiger partial charge in [-0.2, -0.15) is 0 Å². The third kappa shape index (κ3) is 3.31. The summed E-state index contributed by atoms with van der Waals surface area (Å²) in [5, 5.41) is 6.91. The van der Waals surface area contributed by atoms with Gasteiger partial charge in [0.2, 0.25) is 0 Å². The van der Waals surface area contributed by atoms with Gasteiger partial charge in [-0.25, -0.2) is 10.9 Å². The average molecular weight is 339 g/mol. The van der Waals surface area contributed by atoms with Crippen molar-refractivity contribution in [1.29, 1.82) is 0 Å². The van der Waals surface area contributed by atoms with Crippen LogP contribution < -0.4 is 21.5 Å². The summed E-state index contributed by atoms with van der Waals surface area (Å²) in [7, 11) is 1.75. The fraction of sp³-hybridized carbons (Fsp3) is 0.938. The van der Waals surface area contributed by atoms with Crippen LogP contribution in [0.3, 0.4) is 0 Å². The van der Waals surface area contributed by atoms with E-state index < -0.39 is 0 Å². The van der Waals surface area contributed by atoms with Crippen molar-refractivity contribution in [2.24, 2.45) is 5.92 Å². The molecule has 0 aromatic rings. The third-order valence-corrected chi connectivity index (χ3v) is 5.94. The van der Waals surface area contributed by atoms with Gasteiger partial charge >= 0.3 is 5.97 Å². The number of ether oxygens (including phenoxy) is 2. The highest BCUT2D eigenvalue weighted by Crippen LogP contribution is 2.31. The Labute approximate surface area is 143 Å². The molecule has 4 aliphatic rings. The number of carbonyl (C=O) groups is 1. The van der Waals surface area contributed by atoms with Crippen molar-refractivity contribution in [2.75, 3.05) is 26.9 Å². The van der Waals surface area contributed by atoms with Gasteiger partial charge in [-0.3, -0.25) is 15.0 Å². The molecule has 0 spiro atoms. The molecule has 8 heteroatoms. The Bertz CT molecular complexity index is 451. The normalized spacial score (nSPS) is 44.1. The summed E-state index contributed by atoms with van der Waals surface area (Å²) >= 11 is 0. The number of methoxy groups -OCH3 is 1. The number of rotatable bonds is 3. The summed E-state index contributed by atoms with van der Waals surface area (Å²) in [6.45, 7) is 3.05. The second-order valence-corrected chi connectivity index (χ2v) is 7.37. The first kappa shape index (κ1) is 16.7. The van der Waals surface area contributed by atoms with Gasteiger partial charge < -0.3 is 14.8 Å². The molecule has 4 fully saturated rings. The van der Waals surface area contributed by atoms with E-state index in [0.29, 0.717) is 6.17 Å². The van der Waals surface area contributed by atoms with E-state index in [1.54, 1.807) is 7.11 Å². The smallest absolute Gasteiger partial charge is 0.312 e. The van der Waals surface area contributed by atoms with Gasteiger partial charge in [-0.1, -0.05) is 0 Å². The van der Waals surface area contributed by atoms with Crippen LogP contribution in [0.25, 0.3) is 0 Å². The molecule has 4 N–H and O–H groups in total. The maximum Gasteiger partial charge on any atom is 0.312 e. The van der Waals surface area contributed by atoms with Crippen molar-refractivity contribution in [2.45, 2.75) is 62.7 Å². The topological polar surface area (TPSA) is 86.9 Å². The number of esters is 1. The number of nitrogens with zero attached hydrogens (tertiary/aromatic N) is 1. The van der Waals surface area contributed by atoms with Gasteiger partial charge in [0.25, 0.3) is 0 Å². The molecule has 1 aliphatic carbocycles. The van der Waals surface area contributed by atoms with Crippen LogP contribution in [0.2, 0.25) is 0 Å². The van der Waals surface area contributed by atoms with E-state index in [9.17, 15) is 4.79 Å². The van der Waals surface area contributed by atoms with Crippen molar-refractivity contribution in [3.63, 3.8) is 0 Å². The molecule has 3 heterocycles. The van der Waals surface area contributed by atoms with Gasteiger partial charge in [0.1, 0.15) is 0 Å². The van der Waals surface area contributed by atoms with Gasteiger partial charge in [-0.05, 0) is 32.1 Å². The second-order valence-electron chi connectivity index (χ2n) is 7.37. The number of nitrogens with one attached hydrogen (secondary N) is 4. The Morgan fingerprint density at radius 1 is 1.17 bits per heavy atom. The summed E-state index contributed by atoms with van der Waals surface area (Å²) in [5.41, 5.74) is 6.76. The fourth-order valence-corrected chi connectivity index (χ4v) is 4.44. The molecule has 136 valence electrons. The van der Waals surface area contributed by atoms with Gasteiger partial charge in [0.05, 0.1) is 24.2 Å². The summed E-state index contributed by atoms with van der Waals surface area (Å²) in [6.07, 6.45) is 5.02. The minimum atomic E-state index is -0.264. The van der Waals surface area contributed by atoms with Crippen molar-refractivity contribution < 1.29 is 14.3 Å². The molecular weight excluding hydrogens is 310 g/mol. The van der Waals surface area contributed by atoms with Crippen LogP contribution in [-0.2, 0) is 14.3 Å². The molecule has 1 saturated carbocycles. The average Bonchev–Trinajstić information content (AvgIpc) is 3.16. The quantitative estimate of drug-likeness (QED) is 0.492. The minimum absolute atomic E-state index is 0.0207. The molecule has 0 radical (unpaired) electrons. The molecule has 0 aromatic carbocycles. The van der Waals surface area contributed by atoms with Crippen LogP contribution in [0.15, 0.2) is 0 Å². The highest BCUT2D eigenvalue weighted by Gasteiger charge is 2.44. The van der Waals surface area contributed by atoms with Crippen LogP contribution in [0.4, 0.5) is 0 Å². The van der Waals surface area contributed by atoms with E-state index in [2.05, 4.69) is 26.4 Å². The Hall–Kier alpha value is -0.770. The van der Waals surface area contributed by atoms with E-state index in [0.717, 1.165) is 51.9 Å². The van der Waals surface area contributed by atoms with E-state index in [-0.39, 0.29) is 36.3 Å². The van der Waals surface area contributed by atoms with Crippen LogP contribution in [0, 0.1) is 5.92 Å². The van der Waals surface area contributed by atoms with E-state index in [1.165, 1.54) is 0 Å². The first-order valence-electron chi connectivity index (χ1n) is 9.20. The molecule has 0 aromatic heterocycles. The van der Waals surface area contributed by atoms with Crippen LogP contribution in [0.5, 0.6) is 0 Å². The van der Waals surface area contributed by atoms with Crippen molar-refractivity contribution >= 4 is 5.97 Å². The Kier molecular flexibility index (Phi) is 5.03. The monoisotopic (exact) mass is 339 g/mol. The zero-order chi connectivity index (χ0) is 16.5. The maximum absolute atomic E-state index is 12.4. The first-order chi connectivity index (χ1) is 11.7. The molecule has 3 aliphatic heterocycles. The lowest BCUT2D eigenvalue weighted by atomic mass is 9.81. The molecule has 0 bridgehead atoms. The van der Waals surface area contributed by atoms with Gasteiger partial charge in [-0.15, -0.1) is 0 Å². The van der Waals surface area contributed by atoms with Crippen molar-refractivity contribution in [3.05, 3.63) is 0 Å². The summed E-state index contributed by atoms with van der Waals surface area (Å²) < 4.78 is 11.2. The lowest BCUT2D eigenvalue weighted by Gasteiger charge is -2.45. The Morgan fingerprint density at radius 3 is 2.79 bits per heavy atom. The first-order valence-corrected chi connectivity index (χ1v) is 9.20. The maximum atomic E-state index is 12.4. The molecule has 6 unspecified atom stereocenters. The third-order valence-electron chi connectivity index (χ3n) is 5.94. The zero-order valence-electron chi connectivity index (χ0n) is 14.3. The fourth-order valence-electron chi connectivity index (χ4n) is 4.44. The minimum Gasteiger partial charge on any atom is -0.445 e. The summed E-state index contributed by atoms with van der Waals surface area (Å²) in [5.74, 6) is -0.0707. The highest BCUT2D eigenvalue weighted by molar-refractivity contribution is 5.74. The number of cyclic esters (lactones) is 1. The molecule has 4 rings (SSSR count). The largest absolute Gasteiger partial charge is 0.445 e. The summed E-state index contributed by atoms with van der Waals surface area (Å²) in [6, 6.07) is 0.266. The summed E-state index contributed by atoms with van der Waals surface area (Å²) in [4.78, 5) is 14.8. The van der Waals surface area contributed by atoms with Gasteiger partial charge in [0, 0.05) is 32.9 Å². The second kappa shape index (κ2) is 7.23. The molecule has 24 heavy (non-hydrogen) atoms. The van der Waals surface area contributed by atoms with E-state index in [1.807, 2.05) is 0 Å². The molecule has 8 nitrogen and oxygen atoms in total. The zero-order valence-corrected chi connectivity index (χ0v) is 14.3. The van der Waals surface area contributed by atoms with Crippen molar-refractivity contribution in [1.82, 2.24) is 26.4 Å². The number of hydrogen-bond donors (Lipinski definition) is 4. The van der Waals surface area contributed by atoms with Gasteiger partial charge in [0.15, 0.2) is 6.23 Å². The Morgan fingerprint density at radius 2 is 2.08 bits per heavy atom. The number of hydrogen-bond acceptors (Lipinski definition) is 8. The van der Waals surface area contributed by atoms with E-state index in [4.69, 9.17) is 9.47 Å². The number of fused-ring (bicyclic) bond motifs is 1. The Balaban J connectivity index is 1.32. The molecule has 3 saturated heterocycles. The SMILES string of the molecule is COC1CCC2C(=O)OC(C3CCC(N4CCNC4)NN3)NC2C1. The molecule has 0 amide bonds. The lowest BCUT2D eigenvalue weighted by Crippen LogP contribution is -2.67. The van der Waals surface area contributed by atoms with Crippen molar-refractivity contribution in [3.8, 4) is 0 Å². The highest BCUT2D eigenvalue weighted by atomic mass is 16.6. The lowest BCUT2D eigenvalue weighted by molar-refractivity contribution is -0.173. The van der Waals surface area contributed by atoms with E-state index >= 15 is 0 Å². The van der Waals surface area contributed by atoms with Crippen LogP contribution in [0.1, 0.15) is 32.1 Å². The standard InChI is InChI=1S/C16H29N5O3/c1-23-10-2-3-11-13(8-10)18-15(24-16(11)22)12-4-5-14(20-19-12)21-7-6-17-9-21/h10-15,17-20H,2-9H2,1H3. The molecular formula is C16H29N5O3. The number of hydrazine groups is 1. The number of carbonyl (C=O) groups excluding carboxylic acids is 1. The predicted octanol–water partition coefficient (Wildman–Crippen LogP) is -0.912. The predicted molar refractivity (Wildman–Crippen MR) is 87.6 cm³/mol. The van der Waals surface area contributed by atoms with Crippen LogP contribution in [-0.4, -0.2) is 68.3 Å².